The molecule has 1 heterocycles. The monoisotopic (exact) mass is 414 g/mol. The van der Waals surface area contributed by atoms with Gasteiger partial charge < -0.3 is 14.6 Å². The van der Waals surface area contributed by atoms with Crippen LogP contribution >= 0.6 is 0 Å². The number of ether oxygens (including phenoxy) is 2. The van der Waals surface area contributed by atoms with Crippen molar-refractivity contribution < 1.29 is 14.6 Å². The molecule has 158 valence electrons. The highest BCUT2D eigenvalue weighted by Crippen LogP contribution is 2.26. The van der Waals surface area contributed by atoms with Gasteiger partial charge in [-0.05, 0) is 29.3 Å². The molecule has 0 saturated heterocycles. The lowest BCUT2D eigenvalue weighted by Crippen LogP contribution is -2.28. The summed E-state index contributed by atoms with van der Waals surface area (Å²) in [6, 6.07) is 31.5. The Morgan fingerprint density at radius 3 is 1.97 bits per heavy atom. The number of aliphatic hydroxyl groups excluding tert-OH is 1. The van der Waals surface area contributed by atoms with Gasteiger partial charge in [-0.3, -0.25) is 0 Å². The van der Waals surface area contributed by atoms with Gasteiger partial charge in [-0.15, -0.1) is 0 Å². The van der Waals surface area contributed by atoms with Crippen molar-refractivity contribution in [3.63, 3.8) is 0 Å². The number of para-hydroxylation sites is 1. The van der Waals surface area contributed by atoms with Gasteiger partial charge in [0.1, 0.15) is 12.2 Å². The molecule has 0 aliphatic rings. The molecule has 2 atom stereocenters. The molecule has 5 heteroatoms. The summed E-state index contributed by atoms with van der Waals surface area (Å²) >= 11 is 0. The van der Waals surface area contributed by atoms with Crippen molar-refractivity contribution in [2.24, 2.45) is 0 Å². The smallest absolute Gasteiger partial charge is 0.128 e. The van der Waals surface area contributed by atoms with Crippen LogP contribution < -0.4 is 0 Å². The molecule has 0 fully saturated rings. The molecule has 0 bridgehead atoms. The quantitative estimate of drug-likeness (QED) is 0.408. The molecular weight excluding hydrogens is 388 g/mol. The Morgan fingerprint density at radius 1 is 0.742 bits per heavy atom. The summed E-state index contributed by atoms with van der Waals surface area (Å²) in [6.45, 7) is 0.955. The number of benzene rings is 3. The average molecular weight is 415 g/mol. The number of rotatable bonds is 10. The highest BCUT2D eigenvalue weighted by Gasteiger charge is 2.26. The first-order valence-electron chi connectivity index (χ1n) is 10.4. The Hall–Kier alpha value is -3.25. The van der Waals surface area contributed by atoms with E-state index in [-0.39, 0.29) is 6.61 Å². The van der Waals surface area contributed by atoms with Crippen LogP contribution in [-0.4, -0.2) is 27.6 Å². The minimum Gasteiger partial charge on any atom is -0.388 e. The summed E-state index contributed by atoms with van der Waals surface area (Å²) in [7, 11) is 0. The second-order valence-corrected chi connectivity index (χ2v) is 7.29. The zero-order chi connectivity index (χ0) is 21.3. The topological polar surface area (TPSA) is 56.5 Å². The molecule has 31 heavy (non-hydrogen) atoms. The predicted octanol–water partition coefficient (Wildman–Crippen LogP) is 4.71. The van der Waals surface area contributed by atoms with E-state index in [1.807, 2.05) is 97.1 Å². The van der Waals surface area contributed by atoms with Crippen molar-refractivity contribution in [1.82, 2.24) is 9.78 Å². The second kappa shape index (κ2) is 10.7. The van der Waals surface area contributed by atoms with E-state index in [0.29, 0.717) is 13.2 Å². The third-order valence-corrected chi connectivity index (χ3v) is 4.99. The summed E-state index contributed by atoms with van der Waals surface area (Å²) in [5.74, 6) is 0. The lowest BCUT2D eigenvalue weighted by Gasteiger charge is -2.24. The van der Waals surface area contributed by atoms with Crippen LogP contribution in [0.15, 0.2) is 103 Å². The van der Waals surface area contributed by atoms with Crippen molar-refractivity contribution >= 4 is 0 Å². The predicted molar refractivity (Wildman–Crippen MR) is 120 cm³/mol. The zero-order valence-electron chi connectivity index (χ0n) is 17.2. The SMILES string of the molecule is O[C@H](COCc1ccccc1)[C@@H](OCc1ccccc1)c1ccnn1-c1ccccc1. The van der Waals surface area contributed by atoms with Gasteiger partial charge in [-0.1, -0.05) is 78.9 Å². The average Bonchev–Trinajstić information content (AvgIpc) is 3.31. The van der Waals surface area contributed by atoms with Crippen LogP contribution in [0.3, 0.4) is 0 Å². The first kappa shape index (κ1) is 21.0. The Morgan fingerprint density at radius 2 is 1.32 bits per heavy atom. The van der Waals surface area contributed by atoms with Crippen LogP contribution in [0.5, 0.6) is 0 Å². The Balaban J connectivity index is 1.51. The minimum atomic E-state index is -0.855. The molecule has 4 aromatic rings. The molecule has 1 N–H and O–H groups in total. The first-order valence-corrected chi connectivity index (χ1v) is 10.4. The molecule has 0 saturated carbocycles. The Bertz CT molecular complexity index is 1040. The summed E-state index contributed by atoms with van der Waals surface area (Å²) in [5, 5.41) is 15.5. The van der Waals surface area contributed by atoms with Crippen molar-refractivity contribution in [1.29, 1.82) is 0 Å². The van der Waals surface area contributed by atoms with Crippen LogP contribution in [0.2, 0.25) is 0 Å². The van der Waals surface area contributed by atoms with Gasteiger partial charge in [0.15, 0.2) is 0 Å². The summed E-state index contributed by atoms with van der Waals surface area (Å²) in [5.41, 5.74) is 3.78. The van der Waals surface area contributed by atoms with Gasteiger partial charge in [-0.2, -0.15) is 5.10 Å². The second-order valence-electron chi connectivity index (χ2n) is 7.29. The van der Waals surface area contributed by atoms with E-state index in [2.05, 4.69) is 5.10 Å². The van der Waals surface area contributed by atoms with E-state index in [0.717, 1.165) is 22.5 Å². The fraction of sp³-hybridized carbons (Fsp3) is 0.192. The Labute approximate surface area is 182 Å². The number of aromatic nitrogens is 2. The molecule has 0 aliphatic carbocycles. The van der Waals surface area contributed by atoms with Gasteiger partial charge in [0.25, 0.3) is 0 Å². The molecule has 0 unspecified atom stereocenters. The zero-order valence-corrected chi connectivity index (χ0v) is 17.2. The number of nitrogens with zero attached hydrogens (tertiary/aromatic N) is 2. The van der Waals surface area contributed by atoms with Gasteiger partial charge in [0, 0.05) is 6.20 Å². The molecule has 0 spiro atoms. The summed E-state index contributed by atoms with van der Waals surface area (Å²) in [6.07, 6.45) is 0.268. The van der Waals surface area contributed by atoms with E-state index in [4.69, 9.17) is 9.47 Å². The van der Waals surface area contributed by atoms with Crippen molar-refractivity contribution in [2.75, 3.05) is 6.61 Å². The van der Waals surface area contributed by atoms with Crippen molar-refractivity contribution in [2.45, 2.75) is 25.4 Å². The van der Waals surface area contributed by atoms with Crippen molar-refractivity contribution in [3.8, 4) is 5.69 Å². The maximum Gasteiger partial charge on any atom is 0.128 e. The molecule has 4 rings (SSSR count). The van der Waals surface area contributed by atoms with E-state index in [9.17, 15) is 5.11 Å². The number of aliphatic hydroxyl groups is 1. The third kappa shape index (κ3) is 5.67. The van der Waals surface area contributed by atoms with Crippen LogP contribution in [0.1, 0.15) is 22.9 Å². The van der Waals surface area contributed by atoms with E-state index in [1.165, 1.54) is 0 Å². The highest BCUT2D eigenvalue weighted by atomic mass is 16.5. The Kier molecular flexibility index (Phi) is 7.24. The van der Waals surface area contributed by atoms with Crippen LogP contribution in [0, 0.1) is 0 Å². The third-order valence-electron chi connectivity index (χ3n) is 4.99. The molecule has 0 radical (unpaired) electrons. The fourth-order valence-corrected chi connectivity index (χ4v) is 3.43. The molecular formula is C26H26N2O3. The van der Waals surface area contributed by atoms with Crippen LogP contribution in [0.25, 0.3) is 5.69 Å². The van der Waals surface area contributed by atoms with Gasteiger partial charge in [0.2, 0.25) is 0 Å². The normalized spacial score (nSPS) is 13.1. The van der Waals surface area contributed by atoms with E-state index in [1.54, 1.807) is 10.9 Å². The van der Waals surface area contributed by atoms with Crippen molar-refractivity contribution in [3.05, 3.63) is 120 Å². The first-order chi connectivity index (χ1) is 15.3. The molecule has 0 amide bonds. The lowest BCUT2D eigenvalue weighted by molar-refractivity contribution is -0.0855. The van der Waals surface area contributed by atoms with Crippen LogP contribution in [0.4, 0.5) is 0 Å². The molecule has 1 aromatic heterocycles. The number of hydrogen-bond acceptors (Lipinski definition) is 4. The lowest BCUT2D eigenvalue weighted by atomic mass is 10.1. The van der Waals surface area contributed by atoms with Crippen LogP contribution in [-0.2, 0) is 22.7 Å². The standard InChI is InChI=1S/C26H26N2O3/c29-25(20-30-18-21-10-4-1-5-11-21)26(31-19-22-12-6-2-7-13-22)24-16-17-27-28(24)23-14-8-3-9-15-23/h1-17,25-26,29H,18-20H2/t25-,26+/m1/s1. The van der Waals surface area contributed by atoms with E-state index >= 15 is 0 Å². The number of hydrogen-bond donors (Lipinski definition) is 1. The van der Waals surface area contributed by atoms with Gasteiger partial charge in [0.05, 0.1) is 31.2 Å². The summed E-state index contributed by atoms with van der Waals surface area (Å²) < 4.78 is 13.8. The van der Waals surface area contributed by atoms with Gasteiger partial charge in [-0.25, -0.2) is 4.68 Å². The molecule has 3 aromatic carbocycles. The molecule has 5 nitrogen and oxygen atoms in total. The largest absolute Gasteiger partial charge is 0.388 e. The maximum absolute atomic E-state index is 11.0. The molecule has 0 aliphatic heterocycles. The highest BCUT2D eigenvalue weighted by molar-refractivity contribution is 5.33. The minimum absolute atomic E-state index is 0.147. The van der Waals surface area contributed by atoms with E-state index < -0.39 is 12.2 Å². The fourth-order valence-electron chi connectivity index (χ4n) is 3.43. The van der Waals surface area contributed by atoms with Gasteiger partial charge >= 0.3 is 0 Å². The maximum atomic E-state index is 11.0. The summed E-state index contributed by atoms with van der Waals surface area (Å²) in [4.78, 5) is 0.